The maximum Gasteiger partial charge on any atom is 0.336 e. The average Bonchev–Trinajstić information content (AvgIpc) is 2.40. The number of carbonyl (C=O) groups excluding carboxylic acids is 2. The van der Waals surface area contributed by atoms with Gasteiger partial charge in [-0.2, -0.15) is 0 Å². The fourth-order valence-electron chi connectivity index (χ4n) is 6.09. The number of rotatable bonds is 4. The van der Waals surface area contributed by atoms with Gasteiger partial charge in [0.05, 0.1) is 0 Å². The summed E-state index contributed by atoms with van der Waals surface area (Å²) in [5, 5.41) is 23.2. The molecule has 0 aromatic carbocycles. The van der Waals surface area contributed by atoms with Gasteiger partial charge in [-0.15, -0.1) is 0 Å². The highest BCUT2D eigenvalue weighted by Crippen LogP contribution is 2.71. The van der Waals surface area contributed by atoms with Crippen LogP contribution in [0.25, 0.3) is 0 Å². The summed E-state index contributed by atoms with van der Waals surface area (Å²) >= 11 is 0. The van der Waals surface area contributed by atoms with Gasteiger partial charge in [-0.3, -0.25) is 0 Å². The van der Waals surface area contributed by atoms with Gasteiger partial charge in [0.1, 0.15) is 11.2 Å². The SMILES string of the molecule is C=C(C)C(=O)OC1(OC(=O)C(=C)C)C2(O)CC3(C)CC(C)(C2)CC1(O)C3. The van der Waals surface area contributed by atoms with Crippen molar-refractivity contribution in [1.29, 1.82) is 0 Å². The zero-order valence-corrected chi connectivity index (χ0v) is 16.0. The minimum Gasteiger partial charge on any atom is -0.413 e. The molecule has 2 N–H and O–H groups in total. The minimum atomic E-state index is -2.18. The van der Waals surface area contributed by atoms with Crippen LogP contribution in [0.5, 0.6) is 0 Å². The second-order valence-electron chi connectivity index (χ2n) is 9.52. The van der Waals surface area contributed by atoms with E-state index in [4.69, 9.17) is 9.47 Å². The summed E-state index contributed by atoms with van der Waals surface area (Å²) in [5.41, 5.74) is -3.84. The van der Waals surface area contributed by atoms with E-state index in [9.17, 15) is 19.8 Å². The van der Waals surface area contributed by atoms with E-state index in [-0.39, 0.29) is 47.7 Å². The van der Waals surface area contributed by atoms with Crippen molar-refractivity contribution in [2.24, 2.45) is 10.8 Å². The molecule has 4 fully saturated rings. The van der Waals surface area contributed by atoms with Crippen LogP contribution in [0.2, 0.25) is 0 Å². The largest absolute Gasteiger partial charge is 0.413 e. The van der Waals surface area contributed by atoms with Crippen molar-refractivity contribution in [3.63, 3.8) is 0 Å². The first kappa shape index (κ1) is 19.1. The number of ether oxygens (including phenoxy) is 2. The Morgan fingerprint density at radius 3 is 1.35 bits per heavy atom. The molecule has 0 aromatic rings. The summed E-state index contributed by atoms with van der Waals surface area (Å²) < 4.78 is 11.1. The molecule has 0 spiro atoms. The molecule has 26 heavy (non-hydrogen) atoms. The predicted octanol–water partition coefficient (Wildman–Crippen LogP) is 2.39. The number of aliphatic hydroxyl groups is 2. The molecule has 0 radical (unpaired) electrons. The molecule has 4 saturated carbocycles. The molecule has 0 aliphatic heterocycles. The Morgan fingerprint density at radius 1 is 0.769 bits per heavy atom. The molecule has 0 unspecified atom stereocenters. The lowest BCUT2D eigenvalue weighted by atomic mass is 9.40. The lowest BCUT2D eigenvalue weighted by Gasteiger charge is -2.71. The molecule has 4 rings (SSSR count). The topological polar surface area (TPSA) is 93.1 Å². The van der Waals surface area contributed by atoms with Crippen molar-refractivity contribution >= 4 is 11.9 Å². The normalized spacial score (nSPS) is 42.2. The predicted molar refractivity (Wildman–Crippen MR) is 93.7 cm³/mol. The molecular weight excluding hydrogens is 336 g/mol. The first-order valence-corrected chi connectivity index (χ1v) is 8.91. The van der Waals surface area contributed by atoms with Crippen molar-refractivity contribution in [3.8, 4) is 0 Å². The fourth-order valence-corrected chi connectivity index (χ4v) is 6.09. The highest BCUT2D eigenvalue weighted by atomic mass is 16.8. The van der Waals surface area contributed by atoms with E-state index in [1.54, 1.807) is 0 Å². The molecule has 6 heteroatoms. The lowest BCUT2D eigenvalue weighted by Crippen LogP contribution is -2.82. The molecule has 4 bridgehead atoms. The van der Waals surface area contributed by atoms with Gasteiger partial charge in [-0.25, -0.2) is 9.59 Å². The molecule has 4 aliphatic carbocycles. The fraction of sp³-hybridized carbons (Fsp3) is 0.700. The second-order valence-corrected chi connectivity index (χ2v) is 9.52. The molecule has 0 aromatic heterocycles. The zero-order chi connectivity index (χ0) is 19.8. The van der Waals surface area contributed by atoms with Crippen molar-refractivity contribution in [2.75, 3.05) is 0 Å². The van der Waals surface area contributed by atoms with Crippen LogP contribution in [0.4, 0.5) is 0 Å². The summed E-state index contributed by atoms with van der Waals surface area (Å²) in [6, 6.07) is 0. The molecule has 0 saturated heterocycles. The maximum absolute atomic E-state index is 12.4. The van der Waals surface area contributed by atoms with Gasteiger partial charge in [0, 0.05) is 11.1 Å². The summed E-state index contributed by atoms with van der Waals surface area (Å²) in [4.78, 5) is 24.8. The second kappa shape index (κ2) is 5.20. The molecule has 0 amide bonds. The van der Waals surface area contributed by atoms with Crippen molar-refractivity contribution < 1.29 is 29.3 Å². The Kier molecular flexibility index (Phi) is 3.82. The van der Waals surface area contributed by atoms with E-state index >= 15 is 0 Å². The zero-order valence-electron chi connectivity index (χ0n) is 16.0. The van der Waals surface area contributed by atoms with E-state index in [1.165, 1.54) is 13.8 Å². The third kappa shape index (κ3) is 2.46. The number of hydrogen-bond donors (Lipinski definition) is 2. The van der Waals surface area contributed by atoms with Gasteiger partial charge in [0.25, 0.3) is 0 Å². The Hall–Kier alpha value is -1.66. The van der Waals surface area contributed by atoms with E-state index in [0.29, 0.717) is 0 Å². The van der Waals surface area contributed by atoms with E-state index < -0.39 is 28.9 Å². The van der Waals surface area contributed by atoms with E-state index in [0.717, 1.165) is 6.42 Å². The summed E-state index contributed by atoms with van der Waals surface area (Å²) in [6.45, 7) is 14.1. The third-order valence-corrected chi connectivity index (χ3v) is 6.13. The van der Waals surface area contributed by atoms with Gasteiger partial charge in [-0.1, -0.05) is 27.0 Å². The first-order valence-electron chi connectivity index (χ1n) is 8.91. The lowest BCUT2D eigenvalue weighted by molar-refractivity contribution is -0.426. The molecule has 0 atom stereocenters. The van der Waals surface area contributed by atoms with Crippen LogP contribution < -0.4 is 0 Å². The van der Waals surface area contributed by atoms with Crippen LogP contribution in [0.15, 0.2) is 24.3 Å². The van der Waals surface area contributed by atoms with Crippen LogP contribution in [0, 0.1) is 10.8 Å². The Morgan fingerprint density at radius 2 is 1.08 bits per heavy atom. The molecular formula is C20H28O6. The van der Waals surface area contributed by atoms with Gasteiger partial charge in [0.2, 0.25) is 0 Å². The highest BCUT2D eigenvalue weighted by Gasteiger charge is 2.81. The monoisotopic (exact) mass is 364 g/mol. The summed E-state index contributed by atoms with van der Waals surface area (Å²) in [5.74, 6) is -3.81. The highest BCUT2D eigenvalue weighted by molar-refractivity contribution is 5.89. The Balaban J connectivity index is 2.16. The molecule has 144 valence electrons. The number of esters is 2. The van der Waals surface area contributed by atoms with Crippen molar-refractivity contribution in [3.05, 3.63) is 24.3 Å². The van der Waals surface area contributed by atoms with Crippen LogP contribution in [0.3, 0.4) is 0 Å². The number of hydrogen-bond acceptors (Lipinski definition) is 6. The quantitative estimate of drug-likeness (QED) is 0.452. The average molecular weight is 364 g/mol. The van der Waals surface area contributed by atoms with Crippen LogP contribution >= 0.6 is 0 Å². The van der Waals surface area contributed by atoms with Gasteiger partial charge >= 0.3 is 17.7 Å². The van der Waals surface area contributed by atoms with Crippen molar-refractivity contribution in [1.82, 2.24) is 0 Å². The van der Waals surface area contributed by atoms with Crippen LogP contribution in [-0.2, 0) is 19.1 Å². The summed E-state index contributed by atoms with van der Waals surface area (Å²) in [7, 11) is 0. The molecule has 6 nitrogen and oxygen atoms in total. The first-order chi connectivity index (χ1) is 11.7. The summed E-state index contributed by atoms with van der Waals surface area (Å²) in [6.07, 6.45) is 1.93. The molecule has 4 aliphatic rings. The van der Waals surface area contributed by atoms with Crippen LogP contribution in [0.1, 0.15) is 59.8 Å². The smallest absolute Gasteiger partial charge is 0.336 e. The van der Waals surface area contributed by atoms with Gasteiger partial charge in [-0.05, 0) is 56.8 Å². The minimum absolute atomic E-state index is 0.0918. The van der Waals surface area contributed by atoms with Crippen molar-refractivity contribution in [2.45, 2.75) is 76.8 Å². The third-order valence-electron chi connectivity index (χ3n) is 6.13. The Labute approximate surface area is 153 Å². The maximum atomic E-state index is 12.4. The van der Waals surface area contributed by atoms with E-state index in [2.05, 4.69) is 13.2 Å². The van der Waals surface area contributed by atoms with E-state index in [1.807, 2.05) is 13.8 Å². The van der Waals surface area contributed by atoms with Gasteiger partial charge < -0.3 is 19.7 Å². The standard InChI is InChI=1S/C20H28O6/c1-12(2)14(21)25-20(26-15(22)13(3)4)18(23)8-16(5)7-17(6,10-18)11-19(20,24)9-16/h23-24H,1,3,7-11H2,2,4-6H3. The van der Waals surface area contributed by atoms with Crippen LogP contribution in [-0.4, -0.2) is 39.1 Å². The Bertz CT molecular complexity index is 646. The molecule has 0 heterocycles. The number of carbonyl (C=O) groups is 2. The van der Waals surface area contributed by atoms with Gasteiger partial charge in [0.15, 0.2) is 0 Å².